The van der Waals surface area contributed by atoms with Crippen molar-refractivity contribution in [3.05, 3.63) is 110 Å². The predicted molar refractivity (Wildman–Crippen MR) is 198 cm³/mol. The van der Waals surface area contributed by atoms with Gasteiger partial charge in [-0.25, -0.2) is 0 Å². The molecule has 1 spiro atoms. The molecule has 6 atom stereocenters. The van der Waals surface area contributed by atoms with Crippen molar-refractivity contribution in [2.45, 2.75) is 48.3 Å². The van der Waals surface area contributed by atoms with Crippen molar-refractivity contribution in [3.8, 4) is 11.5 Å². The lowest BCUT2D eigenvalue weighted by Gasteiger charge is -2.39. The van der Waals surface area contributed by atoms with E-state index in [2.05, 4.69) is 20.1 Å². The van der Waals surface area contributed by atoms with Gasteiger partial charge in [0.15, 0.2) is 0 Å². The van der Waals surface area contributed by atoms with E-state index >= 15 is 9.59 Å². The number of hydrogen-bond donors (Lipinski definition) is 1. The van der Waals surface area contributed by atoms with E-state index in [9.17, 15) is 9.90 Å². The van der Waals surface area contributed by atoms with Crippen LogP contribution in [0, 0.1) is 11.8 Å². The minimum atomic E-state index is -0.956. The highest BCUT2D eigenvalue weighted by Crippen LogP contribution is 2.72. The van der Waals surface area contributed by atoms with Crippen molar-refractivity contribution in [1.82, 2.24) is 4.90 Å². The first-order valence-electron chi connectivity index (χ1n) is 17.1. The lowest BCUT2D eigenvalue weighted by molar-refractivity contribution is -0.142. The summed E-state index contributed by atoms with van der Waals surface area (Å²) in [5.41, 5.74) is 2.02. The molecule has 0 aromatic heterocycles. The number of methoxy groups -OCH3 is 1. The average molecular weight is 696 g/mol. The Labute approximate surface area is 298 Å². The molecular weight excluding hydrogens is 651 g/mol. The lowest BCUT2D eigenvalue weighted by atomic mass is 9.66. The van der Waals surface area contributed by atoms with Crippen molar-refractivity contribution >= 4 is 40.9 Å². The molecule has 0 aliphatic carbocycles. The Hall–Kier alpha value is -4.54. The average Bonchev–Trinajstić information content (AvgIpc) is 3.71. The van der Waals surface area contributed by atoms with Crippen molar-refractivity contribution in [2.24, 2.45) is 11.8 Å². The Morgan fingerprint density at radius 2 is 1.52 bits per heavy atom. The van der Waals surface area contributed by atoms with Gasteiger partial charge >= 0.3 is 0 Å². The van der Waals surface area contributed by atoms with E-state index in [4.69, 9.17) is 9.47 Å². The van der Waals surface area contributed by atoms with Gasteiger partial charge in [-0.15, -0.1) is 24.9 Å². The standard InChI is InChI=1S/C40H45N3O6S/c1-6-24-41(28-16-20-31(21-17-28)49-8-3)36(45)33-34-37(46)43(32(26-44)27-12-10-9-11-13-27)35(40(34)23-22-39(33,4)50-40)38(47)42(25-7-2)29-14-18-30(48-5)19-15-29/h6-7,9-21,32-35,44H,1-2,8,22-26H2,3-5H3/t32-,33-,34+,35?,39+,40?/m1/s1. The number of ether oxygens (including phenoxy) is 2. The molecular formula is C40H45N3O6S. The van der Waals surface area contributed by atoms with Gasteiger partial charge in [-0.1, -0.05) is 42.5 Å². The number of amides is 3. The number of likely N-dealkylation sites (tertiary alicyclic amines) is 1. The topological polar surface area (TPSA) is 99.6 Å². The Morgan fingerprint density at radius 3 is 2.06 bits per heavy atom. The summed E-state index contributed by atoms with van der Waals surface area (Å²) < 4.78 is 9.50. The number of aliphatic hydroxyl groups is 1. The van der Waals surface area contributed by atoms with Crippen LogP contribution in [0.4, 0.5) is 11.4 Å². The zero-order valence-electron chi connectivity index (χ0n) is 28.9. The largest absolute Gasteiger partial charge is 0.497 e. The Balaban J connectivity index is 1.47. The van der Waals surface area contributed by atoms with Crippen molar-refractivity contribution in [2.75, 3.05) is 43.2 Å². The SMILES string of the molecule is C=CCN(C(=O)C1N([C@H](CO)c2ccccc2)C(=O)[C@@H]2[C@H](C(=O)N(CC=C)c3ccc(OCC)cc3)[C@]3(C)CCC12S3)c1ccc(OC)cc1. The molecule has 10 heteroatoms. The van der Waals surface area contributed by atoms with E-state index in [0.29, 0.717) is 47.9 Å². The molecule has 3 aromatic carbocycles. The van der Waals surface area contributed by atoms with E-state index < -0.39 is 33.4 Å². The van der Waals surface area contributed by atoms with E-state index in [0.717, 1.165) is 0 Å². The summed E-state index contributed by atoms with van der Waals surface area (Å²) in [6.45, 7) is 12.4. The molecule has 50 heavy (non-hydrogen) atoms. The third-order valence-corrected chi connectivity index (χ3v) is 12.4. The van der Waals surface area contributed by atoms with Gasteiger partial charge in [-0.3, -0.25) is 14.4 Å². The number of nitrogens with zero attached hydrogens (tertiary/aromatic N) is 3. The summed E-state index contributed by atoms with van der Waals surface area (Å²) in [6, 6.07) is 22.1. The quantitative estimate of drug-likeness (QED) is 0.205. The zero-order valence-corrected chi connectivity index (χ0v) is 29.7. The molecule has 1 N–H and O–H groups in total. The van der Waals surface area contributed by atoms with Gasteiger partial charge in [-0.2, -0.15) is 0 Å². The number of rotatable bonds is 14. The van der Waals surface area contributed by atoms with Gasteiger partial charge in [0.1, 0.15) is 17.5 Å². The Bertz CT molecular complexity index is 1730. The minimum Gasteiger partial charge on any atom is -0.497 e. The van der Waals surface area contributed by atoms with Crippen molar-refractivity contribution in [1.29, 1.82) is 0 Å². The Kier molecular flexibility index (Phi) is 10.1. The summed E-state index contributed by atoms with van der Waals surface area (Å²) in [7, 11) is 1.58. The molecule has 0 radical (unpaired) electrons. The van der Waals surface area contributed by atoms with Crippen LogP contribution in [0.5, 0.6) is 11.5 Å². The number of anilines is 2. The second-order valence-electron chi connectivity index (χ2n) is 13.2. The molecule has 2 bridgehead atoms. The van der Waals surface area contributed by atoms with Crippen LogP contribution < -0.4 is 19.3 Å². The first kappa shape index (κ1) is 35.3. The maximum absolute atomic E-state index is 15.2. The first-order valence-corrected chi connectivity index (χ1v) is 17.9. The molecule has 3 aromatic rings. The third-order valence-electron chi connectivity index (χ3n) is 10.4. The number of hydrogen-bond acceptors (Lipinski definition) is 7. The number of aliphatic hydroxyl groups excluding tert-OH is 1. The van der Waals surface area contributed by atoms with Crippen LogP contribution in [0.3, 0.4) is 0 Å². The van der Waals surface area contributed by atoms with E-state index in [-0.39, 0.29) is 37.4 Å². The van der Waals surface area contributed by atoms with Crippen LogP contribution in [-0.2, 0) is 14.4 Å². The third kappa shape index (κ3) is 5.88. The summed E-state index contributed by atoms with van der Waals surface area (Å²) >= 11 is 1.60. The fourth-order valence-corrected chi connectivity index (χ4v) is 10.6. The Morgan fingerprint density at radius 1 is 0.940 bits per heavy atom. The number of carbonyl (C=O) groups excluding carboxylic acids is 3. The normalized spacial score (nSPS) is 25.5. The van der Waals surface area contributed by atoms with E-state index in [1.807, 2.05) is 73.7 Å². The molecule has 3 fully saturated rings. The maximum atomic E-state index is 15.2. The molecule has 2 unspecified atom stereocenters. The molecule has 6 rings (SSSR count). The van der Waals surface area contributed by atoms with Gasteiger partial charge in [-0.05, 0) is 80.8 Å². The second-order valence-corrected chi connectivity index (χ2v) is 15.1. The van der Waals surface area contributed by atoms with Gasteiger partial charge < -0.3 is 29.3 Å². The van der Waals surface area contributed by atoms with Crippen LogP contribution >= 0.6 is 11.8 Å². The molecule has 9 nitrogen and oxygen atoms in total. The molecule has 3 aliphatic heterocycles. The number of carbonyl (C=O) groups is 3. The van der Waals surface area contributed by atoms with E-state index in [1.54, 1.807) is 57.9 Å². The predicted octanol–water partition coefficient (Wildman–Crippen LogP) is 6.05. The van der Waals surface area contributed by atoms with Gasteiger partial charge in [0.2, 0.25) is 11.8 Å². The van der Waals surface area contributed by atoms with Crippen LogP contribution in [0.15, 0.2) is 104 Å². The second kappa shape index (κ2) is 14.4. The molecule has 3 saturated heterocycles. The van der Waals surface area contributed by atoms with Crippen LogP contribution in [0.25, 0.3) is 0 Å². The zero-order chi connectivity index (χ0) is 35.6. The van der Waals surface area contributed by atoms with Gasteiger partial charge in [0.05, 0.1) is 42.9 Å². The first-order chi connectivity index (χ1) is 24.2. The maximum Gasteiger partial charge on any atom is 0.251 e. The fraction of sp³-hybridized carbons (Fsp3) is 0.375. The number of fused-ring (bicyclic) bond motifs is 1. The van der Waals surface area contributed by atoms with Crippen molar-refractivity contribution in [3.63, 3.8) is 0 Å². The van der Waals surface area contributed by atoms with Crippen LogP contribution in [0.1, 0.15) is 38.3 Å². The van der Waals surface area contributed by atoms with Crippen LogP contribution in [-0.4, -0.2) is 76.7 Å². The van der Waals surface area contributed by atoms with E-state index in [1.165, 1.54) is 0 Å². The number of benzene rings is 3. The summed E-state index contributed by atoms with van der Waals surface area (Å²) in [6.07, 6.45) is 4.57. The molecule has 3 amide bonds. The monoisotopic (exact) mass is 695 g/mol. The highest BCUT2D eigenvalue weighted by Gasteiger charge is 2.78. The molecule has 3 aliphatic rings. The molecule has 3 heterocycles. The van der Waals surface area contributed by atoms with Crippen LogP contribution in [0.2, 0.25) is 0 Å². The molecule has 0 saturated carbocycles. The summed E-state index contributed by atoms with van der Waals surface area (Å²) in [5, 5.41) is 10.9. The van der Waals surface area contributed by atoms with Gasteiger partial charge in [0.25, 0.3) is 5.91 Å². The van der Waals surface area contributed by atoms with Gasteiger partial charge in [0, 0.05) is 29.2 Å². The lowest BCUT2D eigenvalue weighted by Crippen LogP contribution is -2.56. The molecule has 262 valence electrons. The highest BCUT2D eigenvalue weighted by molar-refractivity contribution is 8.02. The summed E-state index contributed by atoms with van der Waals surface area (Å²) in [4.78, 5) is 50.2. The fourth-order valence-electron chi connectivity index (χ4n) is 8.25. The smallest absolute Gasteiger partial charge is 0.251 e. The minimum absolute atomic E-state index is 0.185. The highest BCUT2D eigenvalue weighted by atomic mass is 32.2. The summed E-state index contributed by atoms with van der Waals surface area (Å²) in [5.74, 6) is -0.916. The van der Waals surface area contributed by atoms with Crippen molar-refractivity contribution < 1.29 is 29.0 Å². The number of thioether (sulfide) groups is 1.